The van der Waals surface area contributed by atoms with Gasteiger partial charge < -0.3 is 19.9 Å². The second kappa shape index (κ2) is 7.73. The van der Waals surface area contributed by atoms with E-state index < -0.39 is 33.9 Å². The minimum absolute atomic E-state index is 0.120. The van der Waals surface area contributed by atoms with Gasteiger partial charge in [-0.1, -0.05) is 0 Å². The van der Waals surface area contributed by atoms with E-state index in [1.165, 1.54) is 23.4 Å². The van der Waals surface area contributed by atoms with Crippen molar-refractivity contribution >= 4 is 21.9 Å². The number of carbonyl (C=O) groups excluding carboxylic acids is 2. The van der Waals surface area contributed by atoms with Gasteiger partial charge in [0.1, 0.15) is 13.2 Å². The first-order valence-corrected chi connectivity index (χ1v) is 10.1. The van der Waals surface area contributed by atoms with Crippen LogP contribution in [0, 0.1) is 5.92 Å². The van der Waals surface area contributed by atoms with Crippen LogP contribution in [0.25, 0.3) is 0 Å². The van der Waals surface area contributed by atoms with Crippen LogP contribution in [-0.4, -0.2) is 57.0 Å². The van der Waals surface area contributed by atoms with Gasteiger partial charge in [-0.2, -0.15) is 4.31 Å². The van der Waals surface area contributed by atoms with Gasteiger partial charge in [-0.25, -0.2) is 8.42 Å². The van der Waals surface area contributed by atoms with Gasteiger partial charge in [-0.15, -0.1) is 0 Å². The summed E-state index contributed by atoms with van der Waals surface area (Å²) < 4.78 is 42.9. The molecule has 2 aliphatic rings. The molecule has 0 aromatic heterocycles. The number of nitrogens with two attached hydrogens (primary N) is 1. The zero-order valence-corrected chi connectivity index (χ0v) is 15.7. The van der Waals surface area contributed by atoms with E-state index in [0.717, 1.165) is 0 Å². The van der Waals surface area contributed by atoms with E-state index in [1.807, 2.05) is 0 Å². The fraction of sp³-hybridized carbons (Fsp3) is 0.529. The summed E-state index contributed by atoms with van der Waals surface area (Å²) in [6.45, 7) is 2.56. The fourth-order valence-corrected chi connectivity index (χ4v) is 4.48. The Morgan fingerprint density at radius 3 is 2.44 bits per heavy atom. The van der Waals surface area contributed by atoms with Crippen molar-refractivity contribution in [3.8, 4) is 11.5 Å². The molecule has 2 N–H and O–H groups in total. The average Bonchev–Trinajstić information content (AvgIpc) is 2.67. The van der Waals surface area contributed by atoms with Crippen LogP contribution in [-0.2, 0) is 24.3 Å². The lowest BCUT2D eigenvalue weighted by atomic mass is 9.98. The first-order chi connectivity index (χ1) is 12.8. The largest absolute Gasteiger partial charge is 0.486 e. The van der Waals surface area contributed by atoms with Gasteiger partial charge in [0.25, 0.3) is 5.91 Å². The van der Waals surface area contributed by atoms with Gasteiger partial charge in [-0.05, 0) is 31.9 Å². The van der Waals surface area contributed by atoms with Crippen molar-refractivity contribution in [2.24, 2.45) is 11.7 Å². The summed E-state index contributed by atoms with van der Waals surface area (Å²) in [6, 6.07) is 4.52. The Morgan fingerprint density at radius 2 is 1.81 bits per heavy atom. The quantitative estimate of drug-likeness (QED) is 0.706. The number of primary amides is 1. The van der Waals surface area contributed by atoms with Crippen molar-refractivity contribution in [1.82, 2.24) is 4.31 Å². The average molecular weight is 398 g/mol. The molecule has 9 nitrogen and oxygen atoms in total. The van der Waals surface area contributed by atoms with E-state index in [2.05, 4.69) is 0 Å². The Balaban J connectivity index is 1.65. The zero-order valence-electron chi connectivity index (χ0n) is 14.9. The summed E-state index contributed by atoms with van der Waals surface area (Å²) in [4.78, 5) is 23.2. The van der Waals surface area contributed by atoms with Gasteiger partial charge in [0, 0.05) is 19.2 Å². The van der Waals surface area contributed by atoms with Crippen LogP contribution in [0.2, 0.25) is 0 Å². The Hall–Kier alpha value is -2.33. The highest BCUT2D eigenvalue weighted by atomic mass is 32.2. The minimum Gasteiger partial charge on any atom is -0.486 e. The van der Waals surface area contributed by atoms with Crippen molar-refractivity contribution in [3.63, 3.8) is 0 Å². The molecular weight excluding hydrogens is 376 g/mol. The maximum Gasteiger partial charge on any atom is 0.309 e. The molecule has 10 heteroatoms. The van der Waals surface area contributed by atoms with Crippen molar-refractivity contribution in [3.05, 3.63) is 18.2 Å². The van der Waals surface area contributed by atoms with E-state index in [4.69, 9.17) is 19.9 Å². The van der Waals surface area contributed by atoms with E-state index in [9.17, 15) is 18.0 Å². The molecule has 0 spiro atoms. The van der Waals surface area contributed by atoms with Crippen LogP contribution >= 0.6 is 0 Å². The molecule has 2 heterocycles. The number of nitrogens with zero attached hydrogens (tertiary/aromatic N) is 1. The normalized spacial score (nSPS) is 19.3. The number of piperidine rings is 1. The molecule has 0 radical (unpaired) electrons. The fourth-order valence-electron chi connectivity index (χ4n) is 2.99. The molecule has 3 rings (SSSR count). The second-order valence-electron chi connectivity index (χ2n) is 6.47. The standard InChI is InChI=1S/C17H22N2O7S/c1-11(16(18)20)26-17(21)12-4-6-19(7-5-12)27(22,23)13-2-3-14-15(10-13)25-9-8-24-14/h2-3,10-12H,4-9H2,1H3,(H2,18,20)/t11-/m0/s1. The summed E-state index contributed by atoms with van der Waals surface area (Å²) in [6.07, 6.45) is -0.376. The summed E-state index contributed by atoms with van der Waals surface area (Å²) in [5.41, 5.74) is 5.08. The number of fused-ring (bicyclic) bond motifs is 1. The highest BCUT2D eigenvalue weighted by Gasteiger charge is 2.34. The summed E-state index contributed by atoms with van der Waals surface area (Å²) >= 11 is 0. The highest BCUT2D eigenvalue weighted by molar-refractivity contribution is 7.89. The monoisotopic (exact) mass is 398 g/mol. The molecule has 148 valence electrons. The summed E-state index contributed by atoms with van der Waals surface area (Å²) in [7, 11) is -3.71. The smallest absolute Gasteiger partial charge is 0.309 e. The third kappa shape index (κ3) is 4.16. The van der Waals surface area contributed by atoms with Gasteiger partial charge in [-0.3, -0.25) is 9.59 Å². The van der Waals surface area contributed by atoms with Crippen molar-refractivity contribution < 1.29 is 32.2 Å². The lowest BCUT2D eigenvalue weighted by molar-refractivity contribution is -0.159. The molecule has 0 aliphatic carbocycles. The predicted molar refractivity (Wildman–Crippen MR) is 93.7 cm³/mol. The second-order valence-corrected chi connectivity index (χ2v) is 8.40. The third-order valence-corrected chi connectivity index (χ3v) is 6.53. The van der Waals surface area contributed by atoms with Crippen molar-refractivity contribution in [2.45, 2.75) is 30.8 Å². The molecule has 0 saturated carbocycles. The SMILES string of the molecule is C[C@H](OC(=O)C1CCN(S(=O)(=O)c2ccc3c(c2)OCCO3)CC1)C(N)=O. The maximum atomic E-state index is 12.9. The number of sulfonamides is 1. The van der Waals surface area contributed by atoms with Gasteiger partial charge in [0.2, 0.25) is 10.0 Å². The lowest BCUT2D eigenvalue weighted by Crippen LogP contribution is -2.41. The van der Waals surface area contributed by atoms with Crippen LogP contribution in [0.15, 0.2) is 23.1 Å². The number of esters is 1. The van der Waals surface area contributed by atoms with E-state index in [0.29, 0.717) is 37.6 Å². The maximum absolute atomic E-state index is 12.9. The van der Waals surface area contributed by atoms with E-state index >= 15 is 0 Å². The highest BCUT2D eigenvalue weighted by Crippen LogP contribution is 2.34. The first-order valence-electron chi connectivity index (χ1n) is 8.68. The third-order valence-electron chi connectivity index (χ3n) is 4.63. The summed E-state index contributed by atoms with van der Waals surface area (Å²) in [5, 5.41) is 0. The molecular formula is C17H22N2O7S. The molecule has 1 atom stereocenters. The number of amides is 1. The minimum atomic E-state index is -3.71. The topological polar surface area (TPSA) is 125 Å². The van der Waals surface area contributed by atoms with Crippen LogP contribution in [0.5, 0.6) is 11.5 Å². The van der Waals surface area contributed by atoms with E-state index in [1.54, 1.807) is 6.07 Å². The van der Waals surface area contributed by atoms with Crippen LogP contribution in [0.1, 0.15) is 19.8 Å². The summed E-state index contributed by atoms with van der Waals surface area (Å²) in [5.74, 6) is -0.787. The van der Waals surface area contributed by atoms with Crippen LogP contribution in [0.3, 0.4) is 0 Å². The molecule has 1 aromatic carbocycles. The van der Waals surface area contributed by atoms with Gasteiger partial charge >= 0.3 is 5.97 Å². The van der Waals surface area contributed by atoms with Gasteiger partial charge in [0.15, 0.2) is 17.6 Å². The molecule has 2 aliphatic heterocycles. The van der Waals surface area contributed by atoms with Crippen molar-refractivity contribution in [2.75, 3.05) is 26.3 Å². The molecule has 1 fully saturated rings. The van der Waals surface area contributed by atoms with Crippen LogP contribution < -0.4 is 15.2 Å². The number of benzene rings is 1. The molecule has 1 aromatic rings. The zero-order chi connectivity index (χ0) is 19.6. The Labute approximate surface area is 157 Å². The van der Waals surface area contributed by atoms with Crippen LogP contribution in [0.4, 0.5) is 0 Å². The predicted octanol–water partition coefficient (Wildman–Crippen LogP) is 0.276. The number of ether oxygens (including phenoxy) is 3. The van der Waals surface area contributed by atoms with E-state index in [-0.39, 0.29) is 18.0 Å². The van der Waals surface area contributed by atoms with Crippen molar-refractivity contribution in [1.29, 1.82) is 0 Å². The number of rotatable bonds is 5. The van der Waals surface area contributed by atoms with Gasteiger partial charge in [0.05, 0.1) is 10.8 Å². The Morgan fingerprint density at radius 1 is 1.19 bits per heavy atom. The molecule has 0 unspecified atom stereocenters. The number of carbonyl (C=O) groups is 2. The molecule has 27 heavy (non-hydrogen) atoms. The molecule has 0 bridgehead atoms. The lowest BCUT2D eigenvalue weighted by Gasteiger charge is -2.30. The number of hydrogen-bond acceptors (Lipinski definition) is 7. The molecule has 1 saturated heterocycles. The first kappa shape index (κ1) is 19.4. The Bertz CT molecular complexity index is 832. The Kier molecular flexibility index (Phi) is 5.56. The molecule has 1 amide bonds. The number of hydrogen-bond donors (Lipinski definition) is 1.